The second kappa shape index (κ2) is 10.5. The maximum absolute atomic E-state index is 10.6. The molecule has 0 heterocycles. The number of aliphatic hydroxyl groups is 1. The summed E-state index contributed by atoms with van der Waals surface area (Å²) >= 11 is 0. The van der Waals surface area contributed by atoms with Crippen molar-refractivity contribution in [1.82, 2.24) is 0 Å². The van der Waals surface area contributed by atoms with Crippen LogP contribution in [0.5, 0.6) is 11.5 Å². The van der Waals surface area contributed by atoms with Gasteiger partial charge in [-0.15, -0.1) is 0 Å². The lowest BCUT2D eigenvalue weighted by Crippen LogP contribution is -2.36. The van der Waals surface area contributed by atoms with Crippen LogP contribution in [-0.2, 0) is 10.3 Å². The molecular formula is C27H32O4. The Kier molecular flexibility index (Phi) is 7.72. The normalized spacial score (nSPS) is 12.6. The minimum Gasteiger partial charge on any atom is -0.497 e. The van der Waals surface area contributed by atoms with Crippen LogP contribution in [0, 0.1) is 5.92 Å². The van der Waals surface area contributed by atoms with E-state index in [-0.39, 0.29) is 6.61 Å². The molecule has 3 rings (SSSR count). The molecule has 1 unspecified atom stereocenters. The minimum atomic E-state index is -0.891. The average molecular weight is 421 g/mol. The monoisotopic (exact) mass is 420 g/mol. The fourth-order valence-electron chi connectivity index (χ4n) is 3.91. The van der Waals surface area contributed by atoms with Crippen LogP contribution in [0.3, 0.4) is 0 Å². The van der Waals surface area contributed by atoms with Crippen molar-refractivity contribution < 1.29 is 19.3 Å². The number of hydrogen-bond donors (Lipinski definition) is 1. The summed E-state index contributed by atoms with van der Waals surface area (Å²) in [5.41, 5.74) is 2.02. The number of rotatable bonds is 10. The highest BCUT2D eigenvalue weighted by atomic mass is 16.5. The molecule has 3 aromatic carbocycles. The second-order valence-corrected chi connectivity index (χ2v) is 8.10. The molecule has 0 aliphatic carbocycles. The Hall–Kier alpha value is -2.82. The molecule has 31 heavy (non-hydrogen) atoms. The fourth-order valence-corrected chi connectivity index (χ4v) is 3.91. The third kappa shape index (κ3) is 5.27. The van der Waals surface area contributed by atoms with Gasteiger partial charge in [-0.05, 0) is 53.3 Å². The Morgan fingerprint density at radius 1 is 0.710 bits per heavy atom. The molecule has 0 saturated carbocycles. The Morgan fingerprint density at radius 3 is 1.58 bits per heavy atom. The molecule has 0 bridgehead atoms. The van der Waals surface area contributed by atoms with Gasteiger partial charge >= 0.3 is 0 Å². The quantitative estimate of drug-likeness (QED) is 0.445. The number of aliphatic hydroxyl groups excluding tert-OH is 1. The molecule has 0 aliphatic rings. The molecule has 1 N–H and O–H groups in total. The zero-order valence-corrected chi connectivity index (χ0v) is 18.7. The molecule has 0 aliphatic heterocycles. The van der Waals surface area contributed by atoms with E-state index in [0.717, 1.165) is 28.2 Å². The predicted octanol–water partition coefficient (Wildman–Crippen LogP) is 5.42. The molecule has 0 amide bonds. The first-order chi connectivity index (χ1) is 15.0. The molecule has 0 saturated heterocycles. The number of benzene rings is 3. The van der Waals surface area contributed by atoms with Crippen LogP contribution in [0.25, 0.3) is 0 Å². The van der Waals surface area contributed by atoms with E-state index in [1.54, 1.807) is 14.2 Å². The molecule has 0 aromatic heterocycles. The van der Waals surface area contributed by atoms with E-state index in [0.29, 0.717) is 12.3 Å². The van der Waals surface area contributed by atoms with Crippen molar-refractivity contribution in [2.75, 3.05) is 20.8 Å². The topological polar surface area (TPSA) is 47.9 Å². The van der Waals surface area contributed by atoms with Crippen LogP contribution in [0.1, 0.15) is 37.0 Å². The smallest absolute Gasteiger partial charge is 0.143 e. The van der Waals surface area contributed by atoms with Crippen molar-refractivity contribution in [1.29, 1.82) is 0 Å². The van der Waals surface area contributed by atoms with Gasteiger partial charge in [-0.1, -0.05) is 68.4 Å². The van der Waals surface area contributed by atoms with Crippen molar-refractivity contribution >= 4 is 0 Å². The summed E-state index contributed by atoms with van der Waals surface area (Å²) in [6.07, 6.45) is 0.121. The van der Waals surface area contributed by atoms with Crippen LogP contribution in [0.4, 0.5) is 0 Å². The van der Waals surface area contributed by atoms with Crippen molar-refractivity contribution in [2.24, 2.45) is 5.92 Å². The van der Waals surface area contributed by atoms with E-state index >= 15 is 0 Å². The van der Waals surface area contributed by atoms with Gasteiger partial charge in [0, 0.05) is 0 Å². The SMILES string of the molecule is COc1ccc(C(OCC(O)CC(C)C)(c2ccccc2)c2ccc(OC)cc2)cc1. The van der Waals surface area contributed by atoms with E-state index in [9.17, 15) is 5.11 Å². The Bertz CT molecular complexity index is 870. The Labute approximate surface area is 185 Å². The van der Waals surface area contributed by atoms with Crippen molar-refractivity contribution in [3.8, 4) is 11.5 Å². The summed E-state index contributed by atoms with van der Waals surface area (Å²) in [5, 5.41) is 10.6. The second-order valence-electron chi connectivity index (χ2n) is 8.10. The molecule has 164 valence electrons. The molecule has 0 fully saturated rings. The van der Waals surface area contributed by atoms with E-state index in [2.05, 4.69) is 26.0 Å². The van der Waals surface area contributed by atoms with E-state index < -0.39 is 11.7 Å². The van der Waals surface area contributed by atoms with Crippen molar-refractivity contribution in [3.63, 3.8) is 0 Å². The first-order valence-corrected chi connectivity index (χ1v) is 10.7. The zero-order valence-electron chi connectivity index (χ0n) is 18.7. The standard InChI is InChI=1S/C27H32O4/c1-20(2)18-24(28)19-31-27(21-8-6-5-7-9-21,22-10-14-25(29-3)15-11-22)23-12-16-26(30-4)17-13-23/h5-17,20,24,28H,18-19H2,1-4H3. The van der Waals surface area contributed by atoms with Gasteiger partial charge in [-0.25, -0.2) is 0 Å². The van der Waals surface area contributed by atoms with E-state index in [1.165, 1.54) is 0 Å². The summed E-state index contributed by atoms with van der Waals surface area (Å²) in [6.45, 7) is 4.41. The lowest BCUT2D eigenvalue weighted by atomic mass is 9.80. The van der Waals surface area contributed by atoms with Crippen LogP contribution in [-0.4, -0.2) is 32.0 Å². The molecular weight excluding hydrogens is 388 g/mol. The average Bonchev–Trinajstić information content (AvgIpc) is 2.80. The van der Waals surface area contributed by atoms with Gasteiger partial charge in [0.1, 0.15) is 17.1 Å². The molecule has 0 radical (unpaired) electrons. The fraction of sp³-hybridized carbons (Fsp3) is 0.333. The highest BCUT2D eigenvalue weighted by Crippen LogP contribution is 2.41. The van der Waals surface area contributed by atoms with Gasteiger partial charge in [-0.3, -0.25) is 0 Å². The molecule has 3 aromatic rings. The summed E-state index contributed by atoms with van der Waals surface area (Å²) in [7, 11) is 3.31. The van der Waals surface area contributed by atoms with Crippen molar-refractivity contribution in [2.45, 2.75) is 32.0 Å². The highest BCUT2D eigenvalue weighted by Gasteiger charge is 2.38. The molecule has 0 spiro atoms. The van der Waals surface area contributed by atoms with E-state index in [1.807, 2.05) is 66.7 Å². The highest BCUT2D eigenvalue weighted by molar-refractivity contribution is 5.49. The first kappa shape index (κ1) is 22.9. The van der Waals surface area contributed by atoms with Gasteiger partial charge in [0.25, 0.3) is 0 Å². The summed E-state index contributed by atoms with van der Waals surface area (Å²) in [4.78, 5) is 0. The van der Waals surface area contributed by atoms with Crippen LogP contribution >= 0.6 is 0 Å². The lowest BCUT2D eigenvalue weighted by Gasteiger charge is -2.37. The van der Waals surface area contributed by atoms with Gasteiger partial charge in [0.05, 0.1) is 26.9 Å². The number of ether oxygens (including phenoxy) is 3. The van der Waals surface area contributed by atoms with Gasteiger partial charge in [0.15, 0.2) is 0 Å². The zero-order chi connectivity index (χ0) is 22.3. The summed E-state index contributed by atoms with van der Waals surface area (Å²) < 4.78 is 17.4. The number of hydrogen-bond acceptors (Lipinski definition) is 4. The lowest BCUT2D eigenvalue weighted by molar-refractivity contribution is -0.0430. The molecule has 1 atom stereocenters. The predicted molar refractivity (Wildman–Crippen MR) is 124 cm³/mol. The maximum atomic E-state index is 10.6. The van der Waals surface area contributed by atoms with Crippen LogP contribution in [0.15, 0.2) is 78.9 Å². The summed E-state index contributed by atoms with van der Waals surface area (Å²) in [6, 6.07) is 25.9. The number of methoxy groups -OCH3 is 2. The molecule has 4 heteroatoms. The first-order valence-electron chi connectivity index (χ1n) is 10.7. The van der Waals surface area contributed by atoms with Crippen LogP contribution < -0.4 is 9.47 Å². The largest absolute Gasteiger partial charge is 0.497 e. The Morgan fingerprint density at radius 2 is 1.16 bits per heavy atom. The van der Waals surface area contributed by atoms with Crippen LogP contribution in [0.2, 0.25) is 0 Å². The third-order valence-electron chi connectivity index (χ3n) is 5.41. The maximum Gasteiger partial charge on any atom is 0.143 e. The Balaban J connectivity index is 2.15. The van der Waals surface area contributed by atoms with Crippen molar-refractivity contribution in [3.05, 3.63) is 95.6 Å². The van der Waals surface area contributed by atoms with Gasteiger partial charge < -0.3 is 19.3 Å². The third-order valence-corrected chi connectivity index (χ3v) is 5.41. The van der Waals surface area contributed by atoms with Gasteiger partial charge in [0.2, 0.25) is 0 Å². The van der Waals surface area contributed by atoms with E-state index in [4.69, 9.17) is 14.2 Å². The summed E-state index contributed by atoms with van der Waals surface area (Å²) in [5.74, 6) is 1.94. The minimum absolute atomic E-state index is 0.213. The molecule has 4 nitrogen and oxygen atoms in total. The van der Waals surface area contributed by atoms with Gasteiger partial charge in [-0.2, -0.15) is 0 Å².